The summed E-state index contributed by atoms with van der Waals surface area (Å²) < 4.78 is 22.1. The van der Waals surface area contributed by atoms with E-state index in [1.165, 1.54) is 148 Å². The maximum atomic E-state index is 12.8. The van der Waals surface area contributed by atoms with Crippen molar-refractivity contribution >= 4 is 11.9 Å². The number of unbranched alkanes of at least 4 members (excludes halogenated alkanes) is 28. The maximum Gasteiger partial charge on any atom is 0.306 e. The molecule has 0 saturated carbocycles. The third kappa shape index (κ3) is 28.7. The van der Waals surface area contributed by atoms with E-state index in [0.717, 1.165) is 38.5 Å². The number of carbonyl (C=O) groups excluding carboxylic acids is 2. The first-order chi connectivity index (χ1) is 26.8. The Hall–Kier alpha value is -1.30. The second-order valence-corrected chi connectivity index (χ2v) is 16.2. The maximum absolute atomic E-state index is 12.8. The summed E-state index contributed by atoms with van der Waals surface area (Å²) >= 11 is 0. The van der Waals surface area contributed by atoms with Gasteiger partial charge in [-0.3, -0.25) is 9.59 Å². The van der Waals surface area contributed by atoms with Crippen LogP contribution in [0.4, 0.5) is 0 Å². The van der Waals surface area contributed by atoms with Crippen molar-refractivity contribution in [3.8, 4) is 0 Å². The van der Waals surface area contributed by atoms with Crippen LogP contribution >= 0.6 is 0 Å². The van der Waals surface area contributed by atoms with Gasteiger partial charge in [-0.05, 0) is 12.8 Å². The van der Waals surface area contributed by atoms with Gasteiger partial charge in [-0.25, -0.2) is 0 Å². The summed E-state index contributed by atoms with van der Waals surface area (Å²) in [5, 5.41) is 40.0. The molecule has 6 atom stereocenters. The molecule has 1 saturated heterocycles. The molecule has 0 aliphatic carbocycles. The predicted octanol–water partition coefficient (Wildman–Crippen LogP) is 9.78. The molecule has 1 aliphatic rings. The number of hydrogen-bond acceptors (Lipinski definition) is 10. The Bertz CT molecular complexity index is 871. The molecule has 0 spiro atoms. The Morgan fingerprint density at radius 2 is 0.855 bits per heavy atom. The molecular formula is C45H86O10. The Labute approximate surface area is 336 Å². The molecule has 326 valence electrons. The van der Waals surface area contributed by atoms with Gasteiger partial charge in [0.25, 0.3) is 0 Å². The summed E-state index contributed by atoms with van der Waals surface area (Å²) in [6, 6.07) is 0. The van der Waals surface area contributed by atoms with Crippen molar-refractivity contribution in [1.29, 1.82) is 0 Å². The van der Waals surface area contributed by atoms with Crippen LogP contribution in [0.2, 0.25) is 0 Å². The molecule has 0 aromatic carbocycles. The minimum Gasteiger partial charge on any atom is -0.462 e. The molecular weight excluding hydrogens is 700 g/mol. The topological polar surface area (TPSA) is 152 Å². The molecule has 10 heteroatoms. The highest BCUT2D eigenvalue weighted by molar-refractivity contribution is 5.70. The number of esters is 2. The zero-order valence-electron chi connectivity index (χ0n) is 35.5. The van der Waals surface area contributed by atoms with Gasteiger partial charge in [0, 0.05) is 12.8 Å². The molecule has 1 fully saturated rings. The van der Waals surface area contributed by atoms with E-state index in [0.29, 0.717) is 6.42 Å². The normalized spacial score (nSPS) is 20.4. The monoisotopic (exact) mass is 787 g/mol. The highest BCUT2D eigenvalue weighted by atomic mass is 16.7. The van der Waals surface area contributed by atoms with E-state index in [1.807, 2.05) is 0 Å². The van der Waals surface area contributed by atoms with Gasteiger partial charge in [-0.15, -0.1) is 0 Å². The summed E-state index contributed by atoms with van der Waals surface area (Å²) in [4.78, 5) is 25.2. The van der Waals surface area contributed by atoms with E-state index >= 15 is 0 Å². The molecule has 6 unspecified atom stereocenters. The van der Waals surface area contributed by atoms with Crippen LogP contribution in [-0.2, 0) is 28.5 Å². The Kier molecular flexibility index (Phi) is 34.8. The summed E-state index contributed by atoms with van der Waals surface area (Å²) in [7, 11) is 0. The molecule has 0 amide bonds. The fourth-order valence-corrected chi connectivity index (χ4v) is 7.31. The zero-order valence-corrected chi connectivity index (χ0v) is 35.5. The van der Waals surface area contributed by atoms with Crippen LogP contribution in [0.5, 0.6) is 0 Å². The largest absolute Gasteiger partial charge is 0.462 e. The van der Waals surface area contributed by atoms with Crippen molar-refractivity contribution in [2.75, 3.05) is 19.8 Å². The molecule has 1 heterocycles. The predicted molar refractivity (Wildman–Crippen MR) is 220 cm³/mol. The lowest BCUT2D eigenvalue weighted by atomic mass is 9.99. The first-order valence-electron chi connectivity index (χ1n) is 23.1. The van der Waals surface area contributed by atoms with Crippen LogP contribution in [0.1, 0.15) is 219 Å². The van der Waals surface area contributed by atoms with Gasteiger partial charge in [0.1, 0.15) is 31.0 Å². The molecule has 0 aromatic heterocycles. The zero-order chi connectivity index (χ0) is 40.2. The molecule has 0 radical (unpaired) electrons. The van der Waals surface area contributed by atoms with E-state index < -0.39 is 49.4 Å². The van der Waals surface area contributed by atoms with Crippen LogP contribution in [0, 0.1) is 0 Å². The quantitative estimate of drug-likeness (QED) is 0.0350. The van der Waals surface area contributed by atoms with Gasteiger partial charge >= 0.3 is 11.9 Å². The van der Waals surface area contributed by atoms with E-state index in [-0.39, 0.29) is 32.0 Å². The van der Waals surface area contributed by atoms with Gasteiger partial charge < -0.3 is 39.4 Å². The lowest BCUT2D eigenvalue weighted by molar-refractivity contribution is -0.305. The first-order valence-corrected chi connectivity index (χ1v) is 23.1. The van der Waals surface area contributed by atoms with Crippen LogP contribution in [0.15, 0.2) is 0 Å². The van der Waals surface area contributed by atoms with Crippen LogP contribution < -0.4 is 0 Å². The van der Waals surface area contributed by atoms with Gasteiger partial charge in [-0.1, -0.05) is 194 Å². The minimum absolute atomic E-state index is 0.210. The Morgan fingerprint density at radius 1 is 0.491 bits per heavy atom. The fourth-order valence-electron chi connectivity index (χ4n) is 7.31. The first kappa shape index (κ1) is 51.7. The van der Waals surface area contributed by atoms with Crippen LogP contribution in [0.25, 0.3) is 0 Å². The smallest absolute Gasteiger partial charge is 0.306 e. The average Bonchev–Trinajstić information content (AvgIpc) is 3.18. The summed E-state index contributed by atoms with van der Waals surface area (Å²) in [6.07, 6.45) is 29.8. The number of carbonyl (C=O) groups is 2. The molecule has 10 nitrogen and oxygen atoms in total. The van der Waals surface area contributed by atoms with E-state index in [9.17, 15) is 30.0 Å². The molecule has 55 heavy (non-hydrogen) atoms. The van der Waals surface area contributed by atoms with Crippen LogP contribution in [-0.4, -0.2) is 89.0 Å². The number of rotatable bonds is 39. The second-order valence-electron chi connectivity index (χ2n) is 16.2. The number of hydrogen-bond donors (Lipinski definition) is 4. The van der Waals surface area contributed by atoms with Crippen molar-refractivity contribution in [2.45, 2.75) is 256 Å². The van der Waals surface area contributed by atoms with E-state index in [2.05, 4.69) is 13.8 Å². The van der Waals surface area contributed by atoms with E-state index in [1.54, 1.807) is 0 Å². The summed E-state index contributed by atoms with van der Waals surface area (Å²) in [5.41, 5.74) is 0. The third-order valence-electron chi connectivity index (χ3n) is 11.0. The van der Waals surface area contributed by atoms with Gasteiger partial charge in [0.15, 0.2) is 12.4 Å². The van der Waals surface area contributed by atoms with Gasteiger partial charge in [0.2, 0.25) is 0 Å². The number of aliphatic hydroxyl groups excluding tert-OH is 4. The fraction of sp³-hybridized carbons (Fsp3) is 0.956. The van der Waals surface area contributed by atoms with Gasteiger partial charge in [0.05, 0.1) is 13.2 Å². The SMILES string of the molecule is CCCCCCCCCCCCCCCCCCCCCCCC(=O)OC(COC(=O)CCCCCCCCCCC)COC1OC(CO)C(O)C(O)C1O. The van der Waals surface area contributed by atoms with Crippen molar-refractivity contribution in [1.82, 2.24) is 0 Å². The van der Waals surface area contributed by atoms with Crippen molar-refractivity contribution in [2.24, 2.45) is 0 Å². The number of ether oxygens (including phenoxy) is 4. The van der Waals surface area contributed by atoms with Gasteiger partial charge in [-0.2, -0.15) is 0 Å². The number of aliphatic hydroxyl groups is 4. The lowest BCUT2D eigenvalue weighted by Gasteiger charge is -2.39. The van der Waals surface area contributed by atoms with Crippen molar-refractivity contribution < 1.29 is 49.0 Å². The average molecular weight is 787 g/mol. The third-order valence-corrected chi connectivity index (χ3v) is 11.0. The Morgan fingerprint density at radius 3 is 1.24 bits per heavy atom. The highest BCUT2D eigenvalue weighted by Gasteiger charge is 2.44. The highest BCUT2D eigenvalue weighted by Crippen LogP contribution is 2.23. The molecule has 1 rings (SSSR count). The lowest BCUT2D eigenvalue weighted by Crippen LogP contribution is -2.59. The van der Waals surface area contributed by atoms with Crippen molar-refractivity contribution in [3.63, 3.8) is 0 Å². The van der Waals surface area contributed by atoms with Crippen molar-refractivity contribution in [3.05, 3.63) is 0 Å². The molecule has 4 N–H and O–H groups in total. The Balaban J connectivity index is 2.23. The molecule has 1 aliphatic heterocycles. The second kappa shape index (κ2) is 37.0. The standard InChI is InChI=1S/C45H86O10/c1-3-5-7-9-11-13-14-15-16-17-18-19-20-21-22-23-24-26-28-30-32-34-41(48)54-38(37-53-45-44(51)43(50)42(49)39(35-46)55-45)36-52-40(47)33-31-29-27-25-12-10-8-6-4-2/h38-39,42-46,49-51H,3-37H2,1-2H3. The van der Waals surface area contributed by atoms with E-state index in [4.69, 9.17) is 18.9 Å². The minimum atomic E-state index is -1.59. The van der Waals surface area contributed by atoms with Crippen LogP contribution in [0.3, 0.4) is 0 Å². The molecule has 0 bridgehead atoms. The summed E-state index contributed by atoms with van der Waals surface area (Å²) in [6.45, 7) is 3.43. The molecule has 0 aromatic rings. The summed E-state index contributed by atoms with van der Waals surface area (Å²) in [5.74, 6) is -0.795.